The smallest absolute Gasteiger partial charge is 0.165 e. The number of nitrogens with zero attached hydrogens (tertiary/aromatic N) is 5. The van der Waals surface area contributed by atoms with E-state index >= 15 is 0 Å². The molecule has 0 radical (unpaired) electrons. The third kappa shape index (κ3) is 3.59. The van der Waals surface area contributed by atoms with Gasteiger partial charge in [-0.1, -0.05) is 6.07 Å². The molecular formula is C25H20F3N5O. The van der Waals surface area contributed by atoms with Gasteiger partial charge in [-0.3, -0.25) is 0 Å². The van der Waals surface area contributed by atoms with Crippen LogP contribution in [0.25, 0.3) is 28.3 Å². The van der Waals surface area contributed by atoms with Crippen molar-refractivity contribution in [3.05, 3.63) is 89.9 Å². The highest BCUT2D eigenvalue weighted by Crippen LogP contribution is 2.37. The van der Waals surface area contributed by atoms with Crippen LogP contribution in [-0.4, -0.2) is 31.4 Å². The van der Waals surface area contributed by atoms with E-state index in [1.54, 1.807) is 37.2 Å². The molecule has 3 aromatic rings. The summed E-state index contributed by atoms with van der Waals surface area (Å²) >= 11 is 0. The number of rotatable bonds is 5. The van der Waals surface area contributed by atoms with E-state index in [1.165, 1.54) is 0 Å². The average Bonchev–Trinajstić information content (AvgIpc) is 3.44. The maximum atomic E-state index is 14.4. The van der Waals surface area contributed by atoms with Crippen LogP contribution in [0.15, 0.2) is 61.2 Å². The number of hydrogen-bond acceptors (Lipinski definition) is 4. The zero-order valence-electron chi connectivity index (χ0n) is 18.6. The van der Waals surface area contributed by atoms with Gasteiger partial charge in [-0.15, -0.1) is 10.2 Å². The van der Waals surface area contributed by atoms with Gasteiger partial charge < -0.3 is 13.9 Å². The number of benzene rings is 2. The minimum absolute atomic E-state index is 0.245. The first kappa shape index (κ1) is 21.7. The van der Waals surface area contributed by atoms with Crippen LogP contribution in [0, 0.1) is 24.4 Å². The molecule has 172 valence electrons. The first-order valence-corrected chi connectivity index (χ1v) is 10.5. The highest BCUT2D eigenvalue weighted by molar-refractivity contribution is 5.80. The predicted octanol–water partition coefficient (Wildman–Crippen LogP) is 5.58. The monoisotopic (exact) mass is 463 g/mol. The second-order valence-corrected chi connectivity index (χ2v) is 7.97. The number of methoxy groups -OCH3 is 1. The van der Waals surface area contributed by atoms with E-state index in [2.05, 4.69) is 15.2 Å². The lowest BCUT2D eigenvalue weighted by molar-refractivity contribution is 0.413. The number of aromatic nitrogens is 5. The Kier molecular flexibility index (Phi) is 5.31. The van der Waals surface area contributed by atoms with E-state index in [0.717, 1.165) is 16.9 Å². The van der Waals surface area contributed by atoms with E-state index in [1.807, 2.05) is 42.0 Å². The van der Waals surface area contributed by atoms with Crippen molar-refractivity contribution in [2.75, 3.05) is 7.11 Å². The Morgan fingerprint density at radius 3 is 2.44 bits per heavy atom. The van der Waals surface area contributed by atoms with E-state index in [-0.39, 0.29) is 5.56 Å². The summed E-state index contributed by atoms with van der Waals surface area (Å²) in [7, 11) is 1.59. The molecule has 0 spiro atoms. The molecule has 6 nitrogen and oxygen atoms in total. The summed E-state index contributed by atoms with van der Waals surface area (Å²) in [6.07, 6.45) is 5.27. The van der Waals surface area contributed by atoms with Gasteiger partial charge in [0.1, 0.15) is 28.9 Å². The van der Waals surface area contributed by atoms with Crippen molar-refractivity contribution in [1.82, 2.24) is 24.3 Å². The lowest BCUT2D eigenvalue weighted by Crippen LogP contribution is -2.14. The topological polar surface area (TPSA) is 57.8 Å². The molecule has 1 atom stereocenters. The Morgan fingerprint density at radius 1 is 1.00 bits per heavy atom. The fourth-order valence-electron chi connectivity index (χ4n) is 4.17. The van der Waals surface area contributed by atoms with Crippen molar-refractivity contribution >= 4 is 0 Å². The molecule has 9 heteroatoms. The number of imidazole rings is 1. The van der Waals surface area contributed by atoms with E-state index < -0.39 is 23.5 Å². The second kappa shape index (κ2) is 8.33. The first-order chi connectivity index (χ1) is 16.4. The summed E-state index contributed by atoms with van der Waals surface area (Å²) in [5.74, 6) is -1.80. The Hall–Kier alpha value is -4.14. The Morgan fingerprint density at radius 2 is 1.76 bits per heavy atom. The van der Waals surface area contributed by atoms with Crippen LogP contribution < -0.4 is 4.74 Å². The van der Waals surface area contributed by atoms with Crippen LogP contribution in [0.2, 0.25) is 0 Å². The Labute approximate surface area is 193 Å². The summed E-state index contributed by atoms with van der Waals surface area (Å²) in [4.78, 5) is 4.26. The third-order valence-electron chi connectivity index (χ3n) is 5.82. The number of fused-ring (bicyclic) bond motifs is 1. The fourth-order valence-corrected chi connectivity index (χ4v) is 4.17. The number of halogens is 3. The third-order valence-corrected chi connectivity index (χ3v) is 5.82. The lowest BCUT2D eigenvalue weighted by Gasteiger charge is -2.20. The predicted molar refractivity (Wildman–Crippen MR) is 121 cm³/mol. The van der Waals surface area contributed by atoms with Crippen LogP contribution in [0.5, 0.6) is 5.75 Å². The summed E-state index contributed by atoms with van der Waals surface area (Å²) in [6, 6.07) is 9.82. The molecule has 34 heavy (non-hydrogen) atoms. The number of aryl methyl sites for hydroxylation is 1. The SMILES string of the molecule is COc1cc(-c2nnc3n(C(C)c4c(F)cc(F)cc4F)cccc2-3)ccc1-n1cnc(C)c1. The van der Waals surface area contributed by atoms with Gasteiger partial charge in [0.2, 0.25) is 0 Å². The van der Waals surface area contributed by atoms with Crippen molar-refractivity contribution in [3.8, 4) is 34.1 Å². The average molecular weight is 463 g/mol. The molecule has 0 aliphatic carbocycles. The van der Waals surface area contributed by atoms with Gasteiger partial charge >= 0.3 is 0 Å². The molecule has 0 N–H and O–H groups in total. The van der Waals surface area contributed by atoms with Crippen LogP contribution >= 0.6 is 0 Å². The quantitative estimate of drug-likeness (QED) is 0.342. The molecule has 2 aliphatic rings. The van der Waals surface area contributed by atoms with Gasteiger partial charge in [0.05, 0.1) is 30.9 Å². The fraction of sp³-hybridized carbons (Fsp3) is 0.160. The van der Waals surface area contributed by atoms with Gasteiger partial charge in [-0.25, -0.2) is 18.2 Å². The standard InChI is InChI=1S/C25H20F3N5O/c1-14-12-32(13-29-14)21-7-6-16(9-22(21)34-3)24-18-5-4-8-33(25(18)31-30-24)15(2)23-19(27)10-17(26)11-20(23)28/h4-13,15H,1-3H3. The van der Waals surface area contributed by atoms with Crippen molar-refractivity contribution in [1.29, 1.82) is 0 Å². The van der Waals surface area contributed by atoms with E-state index in [4.69, 9.17) is 4.74 Å². The van der Waals surface area contributed by atoms with Crippen LogP contribution in [0.4, 0.5) is 13.2 Å². The van der Waals surface area contributed by atoms with Crippen molar-refractivity contribution in [2.24, 2.45) is 0 Å². The minimum atomic E-state index is -0.965. The summed E-state index contributed by atoms with van der Waals surface area (Å²) < 4.78 is 51.3. The highest BCUT2D eigenvalue weighted by atomic mass is 19.1. The van der Waals surface area contributed by atoms with Gasteiger partial charge in [-0.2, -0.15) is 0 Å². The maximum absolute atomic E-state index is 14.4. The van der Waals surface area contributed by atoms with Crippen molar-refractivity contribution < 1.29 is 17.9 Å². The Bertz CT molecular complexity index is 1450. The Balaban J connectivity index is 1.55. The van der Waals surface area contributed by atoms with Crippen LogP contribution in [-0.2, 0) is 0 Å². The molecule has 0 bridgehead atoms. The molecule has 0 amide bonds. The first-order valence-electron chi connectivity index (χ1n) is 10.5. The van der Waals surface area contributed by atoms with E-state index in [9.17, 15) is 13.2 Å². The lowest BCUT2D eigenvalue weighted by atomic mass is 10.0. The number of hydrogen-bond donors (Lipinski definition) is 0. The van der Waals surface area contributed by atoms with Crippen LogP contribution in [0.3, 0.4) is 0 Å². The van der Waals surface area contributed by atoms with Gasteiger partial charge in [-0.05, 0) is 38.1 Å². The zero-order chi connectivity index (χ0) is 24.0. The van der Waals surface area contributed by atoms with Gasteiger partial charge in [0.15, 0.2) is 5.82 Å². The summed E-state index contributed by atoms with van der Waals surface area (Å²) in [5, 5.41) is 8.65. The molecule has 1 unspecified atom stereocenters. The number of pyridine rings is 1. The molecule has 2 aliphatic heterocycles. The molecule has 5 rings (SSSR count). The molecule has 3 heterocycles. The van der Waals surface area contributed by atoms with Gasteiger partial charge in [0, 0.05) is 41.2 Å². The second-order valence-electron chi connectivity index (χ2n) is 7.97. The maximum Gasteiger partial charge on any atom is 0.165 e. The van der Waals surface area contributed by atoms with Crippen molar-refractivity contribution in [3.63, 3.8) is 0 Å². The zero-order valence-corrected chi connectivity index (χ0v) is 18.6. The largest absolute Gasteiger partial charge is 0.495 e. The van der Waals surface area contributed by atoms with Gasteiger partial charge in [0.25, 0.3) is 0 Å². The molecule has 0 fully saturated rings. The molecule has 0 saturated carbocycles. The van der Waals surface area contributed by atoms with Crippen molar-refractivity contribution in [2.45, 2.75) is 19.9 Å². The molecule has 0 saturated heterocycles. The number of ether oxygens (including phenoxy) is 1. The summed E-state index contributed by atoms with van der Waals surface area (Å²) in [6.45, 7) is 3.53. The highest BCUT2D eigenvalue weighted by Gasteiger charge is 2.25. The summed E-state index contributed by atoms with van der Waals surface area (Å²) in [5.41, 5.74) is 3.52. The van der Waals surface area contributed by atoms with E-state index in [0.29, 0.717) is 35.0 Å². The molecule has 2 aromatic carbocycles. The molecule has 1 aromatic heterocycles. The minimum Gasteiger partial charge on any atom is -0.495 e. The normalized spacial score (nSPS) is 12.3. The molecular weight excluding hydrogens is 443 g/mol. The van der Waals surface area contributed by atoms with Crippen LogP contribution in [0.1, 0.15) is 24.2 Å².